The topological polar surface area (TPSA) is 61.4 Å². The highest BCUT2D eigenvalue weighted by Gasteiger charge is 2.17. The molecule has 0 spiro atoms. The third kappa shape index (κ3) is 4.35. The summed E-state index contributed by atoms with van der Waals surface area (Å²) in [6.45, 7) is 5.08. The molecule has 1 rings (SSSR count). The second-order valence-electron chi connectivity index (χ2n) is 4.76. The maximum absolute atomic E-state index is 11.8. The van der Waals surface area contributed by atoms with Crippen LogP contribution in [-0.4, -0.2) is 43.4 Å². The molecule has 0 bridgehead atoms. The Morgan fingerprint density at radius 3 is 2.35 bits per heavy atom. The van der Waals surface area contributed by atoms with Crippen molar-refractivity contribution in [3.63, 3.8) is 0 Å². The lowest BCUT2D eigenvalue weighted by Crippen LogP contribution is -2.42. The molecule has 20 heavy (non-hydrogen) atoms. The number of amides is 2. The fourth-order valence-corrected chi connectivity index (χ4v) is 1.85. The van der Waals surface area contributed by atoms with Crippen molar-refractivity contribution in [3.05, 3.63) is 35.4 Å². The molecule has 2 N–H and O–H groups in total. The van der Waals surface area contributed by atoms with Gasteiger partial charge in [0.2, 0.25) is 5.91 Å². The van der Waals surface area contributed by atoms with Gasteiger partial charge >= 0.3 is 0 Å². The first-order chi connectivity index (χ1) is 9.49. The Hall–Kier alpha value is -1.88. The Bertz CT molecular complexity index is 457. The first-order valence-corrected chi connectivity index (χ1v) is 6.78. The Kier molecular flexibility index (Phi) is 6.18. The molecule has 0 radical (unpaired) electrons. The van der Waals surface area contributed by atoms with Crippen molar-refractivity contribution in [3.8, 4) is 0 Å². The lowest BCUT2D eigenvalue weighted by Gasteiger charge is -2.23. The van der Waals surface area contributed by atoms with Gasteiger partial charge in [0.25, 0.3) is 5.91 Å². The highest BCUT2D eigenvalue weighted by atomic mass is 16.2. The number of hydrogen-bond acceptors (Lipinski definition) is 3. The SMILES string of the molecule is CCNC(=O)[C@@H](C)N(C)Cc1ccc(C(=O)NC)cc1. The minimum absolute atomic E-state index is 0.0250. The molecule has 0 unspecified atom stereocenters. The molecular weight excluding hydrogens is 254 g/mol. The molecule has 5 heteroatoms. The van der Waals surface area contributed by atoms with E-state index in [1.165, 1.54) is 0 Å². The summed E-state index contributed by atoms with van der Waals surface area (Å²) < 4.78 is 0. The number of hydrogen-bond donors (Lipinski definition) is 2. The lowest BCUT2D eigenvalue weighted by molar-refractivity contribution is -0.125. The van der Waals surface area contributed by atoms with Crippen LogP contribution in [0.4, 0.5) is 0 Å². The van der Waals surface area contributed by atoms with Crippen molar-refractivity contribution in [2.24, 2.45) is 0 Å². The molecular formula is C15H23N3O2. The van der Waals surface area contributed by atoms with Gasteiger partial charge in [0, 0.05) is 25.7 Å². The van der Waals surface area contributed by atoms with Gasteiger partial charge in [-0.05, 0) is 38.6 Å². The van der Waals surface area contributed by atoms with Gasteiger partial charge < -0.3 is 10.6 Å². The van der Waals surface area contributed by atoms with E-state index in [2.05, 4.69) is 10.6 Å². The van der Waals surface area contributed by atoms with Gasteiger partial charge in [-0.2, -0.15) is 0 Å². The standard InChI is InChI=1S/C15H23N3O2/c1-5-17-14(19)11(2)18(4)10-12-6-8-13(9-7-12)15(20)16-3/h6-9,11H,5,10H2,1-4H3,(H,16,20)(H,17,19)/t11-/m1/s1. The monoisotopic (exact) mass is 277 g/mol. The van der Waals surface area contributed by atoms with Crippen LogP contribution in [0.15, 0.2) is 24.3 Å². The van der Waals surface area contributed by atoms with Gasteiger partial charge in [-0.25, -0.2) is 0 Å². The van der Waals surface area contributed by atoms with Crippen LogP contribution in [0.3, 0.4) is 0 Å². The van der Waals surface area contributed by atoms with Crippen LogP contribution >= 0.6 is 0 Å². The zero-order chi connectivity index (χ0) is 15.1. The summed E-state index contributed by atoms with van der Waals surface area (Å²) >= 11 is 0. The molecule has 110 valence electrons. The maximum atomic E-state index is 11.8. The van der Waals surface area contributed by atoms with Gasteiger partial charge in [-0.3, -0.25) is 14.5 Å². The number of carbonyl (C=O) groups is 2. The Morgan fingerprint density at radius 2 is 1.85 bits per heavy atom. The molecule has 2 amide bonds. The van der Waals surface area contributed by atoms with E-state index in [0.29, 0.717) is 18.7 Å². The van der Waals surface area contributed by atoms with E-state index in [1.54, 1.807) is 19.2 Å². The van der Waals surface area contributed by atoms with Gasteiger partial charge in [0.05, 0.1) is 6.04 Å². The van der Waals surface area contributed by atoms with Crippen LogP contribution in [-0.2, 0) is 11.3 Å². The summed E-state index contributed by atoms with van der Waals surface area (Å²) in [5.74, 6) is -0.0717. The second-order valence-corrected chi connectivity index (χ2v) is 4.76. The van der Waals surface area contributed by atoms with Crippen LogP contribution in [0.1, 0.15) is 29.8 Å². The largest absolute Gasteiger partial charge is 0.355 e. The smallest absolute Gasteiger partial charge is 0.251 e. The van der Waals surface area contributed by atoms with Gasteiger partial charge in [-0.1, -0.05) is 12.1 Å². The molecule has 0 aliphatic rings. The van der Waals surface area contributed by atoms with Gasteiger partial charge in [0.1, 0.15) is 0 Å². The highest BCUT2D eigenvalue weighted by Crippen LogP contribution is 2.09. The van der Waals surface area contributed by atoms with Crippen LogP contribution in [0.2, 0.25) is 0 Å². The van der Waals surface area contributed by atoms with Crippen molar-refractivity contribution < 1.29 is 9.59 Å². The number of carbonyl (C=O) groups excluding carboxylic acids is 2. The zero-order valence-corrected chi connectivity index (χ0v) is 12.6. The minimum atomic E-state index is -0.187. The lowest BCUT2D eigenvalue weighted by atomic mass is 10.1. The summed E-state index contributed by atoms with van der Waals surface area (Å²) in [6.07, 6.45) is 0. The average Bonchev–Trinajstić information content (AvgIpc) is 2.46. The number of nitrogens with one attached hydrogen (secondary N) is 2. The normalized spacial score (nSPS) is 12.1. The fourth-order valence-electron chi connectivity index (χ4n) is 1.85. The molecule has 0 aliphatic heterocycles. The van der Waals surface area contributed by atoms with E-state index >= 15 is 0 Å². The van der Waals surface area contributed by atoms with Crippen LogP contribution in [0, 0.1) is 0 Å². The van der Waals surface area contributed by atoms with E-state index in [-0.39, 0.29) is 17.9 Å². The van der Waals surface area contributed by atoms with Crippen LogP contribution in [0.25, 0.3) is 0 Å². The number of rotatable bonds is 6. The van der Waals surface area contributed by atoms with E-state index in [1.807, 2.05) is 37.9 Å². The molecule has 0 saturated carbocycles. The number of nitrogens with zero attached hydrogens (tertiary/aromatic N) is 1. The number of benzene rings is 1. The third-order valence-corrected chi connectivity index (χ3v) is 3.27. The Balaban J connectivity index is 2.64. The Labute approximate surface area is 120 Å². The molecule has 0 aliphatic carbocycles. The van der Waals surface area contributed by atoms with Crippen LogP contribution in [0.5, 0.6) is 0 Å². The highest BCUT2D eigenvalue weighted by molar-refractivity contribution is 5.93. The van der Waals surface area contributed by atoms with Crippen molar-refractivity contribution in [2.45, 2.75) is 26.4 Å². The zero-order valence-electron chi connectivity index (χ0n) is 12.6. The van der Waals surface area contributed by atoms with Crippen molar-refractivity contribution in [2.75, 3.05) is 20.6 Å². The summed E-state index contributed by atoms with van der Waals surface area (Å²) in [5, 5.41) is 5.40. The third-order valence-electron chi connectivity index (χ3n) is 3.27. The summed E-state index contributed by atoms with van der Waals surface area (Å²) in [5.41, 5.74) is 1.70. The minimum Gasteiger partial charge on any atom is -0.355 e. The van der Waals surface area contributed by atoms with Crippen molar-refractivity contribution >= 4 is 11.8 Å². The maximum Gasteiger partial charge on any atom is 0.251 e. The van der Waals surface area contributed by atoms with E-state index < -0.39 is 0 Å². The molecule has 0 saturated heterocycles. The molecule has 0 fully saturated rings. The number of likely N-dealkylation sites (N-methyl/N-ethyl adjacent to an activating group) is 2. The average molecular weight is 277 g/mol. The molecule has 1 atom stereocenters. The van der Waals surface area contributed by atoms with E-state index in [9.17, 15) is 9.59 Å². The Morgan fingerprint density at radius 1 is 1.25 bits per heavy atom. The van der Waals surface area contributed by atoms with Gasteiger partial charge in [0.15, 0.2) is 0 Å². The first kappa shape index (κ1) is 16.2. The first-order valence-electron chi connectivity index (χ1n) is 6.78. The quantitative estimate of drug-likeness (QED) is 0.815. The predicted molar refractivity (Wildman–Crippen MR) is 79.4 cm³/mol. The van der Waals surface area contributed by atoms with Crippen molar-refractivity contribution in [1.82, 2.24) is 15.5 Å². The van der Waals surface area contributed by atoms with E-state index in [0.717, 1.165) is 5.56 Å². The molecule has 1 aromatic carbocycles. The molecule has 0 heterocycles. The van der Waals surface area contributed by atoms with E-state index in [4.69, 9.17) is 0 Å². The predicted octanol–water partition coefficient (Wildman–Crippen LogP) is 1.00. The summed E-state index contributed by atoms with van der Waals surface area (Å²) in [6, 6.07) is 7.21. The summed E-state index contributed by atoms with van der Waals surface area (Å²) in [7, 11) is 3.52. The molecule has 0 aromatic heterocycles. The van der Waals surface area contributed by atoms with Crippen molar-refractivity contribution in [1.29, 1.82) is 0 Å². The summed E-state index contributed by atoms with van der Waals surface area (Å²) in [4.78, 5) is 25.2. The molecule has 5 nitrogen and oxygen atoms in total. The fraction of sp³-hybridized carbons (Fsp3) is 0.467. The van der Waals surface area contributed by atoms with Gasteiger partial charge in [-0.15, -0.1) is 0 Å². The second kappa shape index (κ2) is 7.65. The van der Waals surface area contributed by atoms with Crippen LogP contribution < -0.4 is 10.6 Å². The molecule has 1 aromatic rings.